The molecule has 0 spiro atoms. The number of carbonyl (C=O) groups is 3. The molecule has 96 heavy (non-hydrogen) atoms. The van der Waals surface area contributed by atoms with Crippen LogP contribution in [0.4, 0.5) is 0 Å². The zero-order valence-electron chi connectivity index (χ0n) is 66.1. The summed E-state index contributed by atoms with van der Waals surface area (Å²) in [5.41, 5.74) is 0. The molecule has 0 fully saturated rings. The Kier molecular flexibility index (Phi) is 93.9. The Morgan fingerprint density at radius 1 is 0.229 bits per heavy atom. The standard InChI is InChI=1S/2C36H68O2.C18H36O2/c1-3-5-7-9-11-13-15-17-19-20-22-24-26-28-30-32-34-35(36(37)38)33-31-29-27-25-23-21-18-16-14-12-10-8-6-4-2;1-3-5-7-9-11-13-15-17-19-21-23-25-27-29-31-33-35-38-36(37)34-32-30-28-26-24-22-20-18-16-14-12-10-8-6-4-2;1-3-5-7-9-10-11-12-13-14-16-18(19)20-17-15-8-6-4-2/h17-19,21,35H,3-16,20,22-34H2,1-2H3,(H,37,38);17-20H,3-16,21-35H2,1-2H3;3-17H2,1-2H3/b19-17-,21-18-;19-17-,20-18-;. The van der Waals surface area contributed by atoms with E-state index in [0.29, 0.717) is 26.1 Å². The van der Waals surface area contributed by atoms with Crippen molar-refractivity contribution >= 4 is 17.9 Å². The lowest BCUT2D eigenvalue weighted by atomic mass is 9.94. The van der Waals surface area contributed by atoms with Gasteiger partial charge in [-0.25, -0.2) is 0 Å². The third-order valence-corrected chi connectivity index (χ3v) is 19.3. The number of hydrogen-bond donors (Lipinski definition) is 1. The molecule has 0 aromatic rings. The van der Waals surface area contributed by atoms with Crippen LogP contribution in [0.1, 0.15) is 491 Å². The Bertz CT molecular complexity index is 1580. The van der Waals surface area contributed by atoms with E-state index < -0.39 is 5.97 Å². The van der Waals surface area contributed by atoms with Crippen LogP contribution < -0.4 is 0 Å². The molecule has 0 heterocycles. The molecule has 568 valence electrons. The number of hydrogen-bond acceptors (Lipinski definition) is 5. The van der Waals surface area contributed by atoms with E-state index in [1.807, 2.05) is 0 Å². The zero-order chi connectivity index (χ0) is 70.3. The van der Waals surface area contributed by atoms with Gasteiger partial charge < -0.3 is 14.6 Å². The average Bonchev–Trinajstić information content (AvgIpc) is 3.33. The highest BCUT2D eigenvalue weighted by Crippen LogP contribution is 2.21. The number of carboxylic acid groups (broad SMARTS) is 1. The number of unbranched alkanes of at least 4 members (excludes halogenated alkanes) is 56. The monoisotopic (exact) mass is 1350 g/mol. The first-order valence-corrected chi connectivity index (χ1v) is 43.5. The maximum atomic E-state index is 11.9. The largest absolute Gasteiger partial charge is 0.481 e. The summed E-state index contributed by atoms with van der Waals surface area (Å²) < 4.78 is 10.6. The topological polar surface area (TPSA) is 89.9 Å². The first-order valence-electron chi connectivity index (χ1n) is 43.5. The Labute approximate surface area is 602 Å². The van der Waals surface area contributed by atoms with Crippen molar-refractivity contribution in [3.05, 3.63) is 48.6 Å². The lowest BCUT2D eigenvalue weighted by Gasteiger charge is -2.12. The molecule has 0 aliphatic carbocycles. The van der Waals surface area contributed by atoms with Crippen molar-refractivity contribution in [3.63, 3.8) is 0 Å². The maximum Gasteiger partial charge on any atom is 0.306 e. The van der Waals surface area contributed by atoms with Crippen molar-refractivity contribution in [1.82, 2.24) is 0 Å². The van der Waals surface area contributed by atoms with Crippen molar-refractivity contribution in [1.29, 1.82) is 0 Å². The summed E-state index contributed by atoms with van der Waals surface area (Å²) in [4.78, 5) is 35.0. The predicted octanol–water partition coefficient (Wildman–Crippen LogP) is 31.4. The molecule has 0 aromatic carbocycles. The van der Waals surface area contributed by atoms with Gasteiger partial charge in [0.15, 0.2) is 0 Å². The molecule has 6 heteroatoms. The molecule has 1 atom stereocenters. The minimum absolute atomic E-state index is 0.00412. The van der Waals surface area contributed by atoms with E-state index in [1.165, 1.54) is 379 Å². The van der Waals surface area contributed by atoms with Gasteiger partial charge in [0.05, 0.1) is 19.1 Å². The molecular formula is C90H172O6. The second kappa shape index (κ2) is 92.4. The van der Waals surface area contributed by atoms with E-state index in [2.05, 4.69) is 90.2 Å². The molecule has 0 bridgehead atoms. The van der Waals surface area contributed by atoms with Gasteiger partial charge in [0.1, 0.15) is 0 Å². The van der Waals surface area contributed by atoms with E-state index in [1.54, 1.807) is 0 Å². The van der Waals surface area contributed by atoms with E-state index in [4.69, 9.17) is 9.47 Å². The van der Waals surface area contributed by atoms with Gasteiger partial charge in [-0.15, -0.1) is 0 Å². The lowest BCUT2D eigenvalue weighted by molar-refractivity contribution is -0.144. The molecule has 0 saturated carbocycles. The van der Waals surface area contributed by atoms with Crippen molar-refractivity contribution in [2.75, 3.05) is 13.2 Å². The van der Waals surface area contributed by atoms with Crippen LogP contribution >= 0.6 is 0 Å². The molecule has 1 unspecified atom stereocenters. The summed E-state index contributed by atoms with van der Waals surface area (Å²) >= 11 is 0. The summed E-state index contributed by atoms with van der Waals surface area (Å²) in [5.74, 6) is -0.681. The number of esters is 2. The molecule has 0 rings (SSSR count). The van der Waals surface area contributed by atoms with Gasteiger partial charge in [0.25, 0.3) is 0 Å². The number of allylic oxidation sites excluding steroid dienone is 8. The lowest BCUT2D eigenvalue weighted by Crippen LogP contribution is -2.13. The van der Waals surface area contributed by atoms with Crippen molar-refractivity contribution < 1.29 is 29.0 Å². The third kappa shape index (κ3) is 93.4. The van der Waals surface area contributed by atoms with E-state index >= 15 is 0 Å². The van der Waals surface area contributed by atoms with Crippen LogP contribution in [-0.4, -0.2) is 36.2 Å². The highest BCUT2D eigenvalue weighted by Gasteiger charge is 2.16. The SMILES string of the molecule is CCCCCCCC/C=C\CCCCCCCCC(CCCCCC/C=C\CCCCCCCC)C(=O)O.CCCCCCCC/C=C\CCCCCCCCOC(=O)CCCCCCC/C=C\CCCCCCCC.CCCCCCCCCCCC(=O)OCCCCCC. The second-order valence-corrected chi connectivity index (χ2v) is 29.1. The third-order valence-electron chi connectivity index (χ3n) is 19.3. The minimum Gasteiger partial charge on any atom is -0.481 e. The molecule has 6 nitrogen and oxygen atoms in total. The fraction of sp³-hybridized carbons (Fsp3) is 0.878. The van der Waals surface area contributed by atoms with Gasteiger partial charge in [-0.3, -0.25) is 14.4 Å². The van der Waals surface area contributed by atoms with Crippen molar-refractivity contribution in [3.8, 4) is 0 Å². The molecule has 0 saturated heterocycles. The molecular weight excluding hydrogens is 1180 g/mol. The van der Waals surface area contributed by atoms with Crippen molar-refractivity contribution in [2.24, 2.45) is 5.92 Å². The zero-order valence-corrected chi connectivity index (χ0v) is 66.1. The summed E-state index contributed by atoms with van der Waals surface area (Å²) in [5, 5.41) is 9.59. The van der Waals surface area contributed by atoms with E-state index in [-0.39, 0.29) is 17.9 Å². The van der Waals surface area contributed by atoms with E-state index in [9.17, 15) is 19.5 Å². The maximum absolute atomic E-state index is 11.9. The van der Waals surface area contributed by atoms with Crippen LogP contribution in [0.15, 0.2) is 48.6 Å². The highest BCUT2D eigenvalue weighted by atomic mass is 16.5. The summed E-state index contributed by atoms with van der Waals surface area (Å²) in [7, 11) is 0. The summed E-state index contributed by atoms with van der Waals surface area (Å²) in [6.07, 6.45) is 107. The molecule has 0 aromatic heterocycles. The fourth-order valence-corrected chi connectivity index (χ4v) is 12.6. The predicted molar refractivity (Wildman–Crippen MR) is 427 cm³/mol. The van der Waals surface area contributed by atoms with Gasteiger partial charge in [-0.1, -0.05) is 386 Å². The molecule has 0 aliphatic rings. The molecule has 0 aliphatic heterocycles. The van der Waals surface area contributed by atoms with Crippen molar-refractivity contribution in [2.45, 2.75) is 491 Å². The molecule has 1 N–H and O–H groups in total. The smallest absolute Gasteiger partial charge is 0.306 e. The minimum atomic E-state index is -0.574. The Morgan fingerprint density at radius 3 is 0.604 bits per heavy atom. The fourth-order valence-electron chi connectivity index (χ4n) is 12.6. The Morgan fingerprint density at radius 2 is 0.396 bits per heavy atom. The van der Waals surface area contributed by atoms with Gasteiger partial charge in [-0.2, -0.15) is 0 Å². The Balaban J connectivity index is -0.00000142. The number of rotatable bonds is 77. The average molecular weight is 1350 g/mol. The van der Waals surface area contributed by atoms with Gasteiger partial charge in [0, 0.05) is 12.8 Å². The van der Waals surface area contributed by atoms with Crippen LogP contribution in [0.3, 0.4) is 0 Å². The van der Waals surface area contributed by atoms with Crippen LogP contribution in [0, 0.1) is 5.92 Å². The molecule has 0 radical (unpaired) electrons. The van der Waals surface area contributed by atoms with Crippen LogP contribution in [0.25, 0.3) is 0 Å². The number of carbonyl (C=O) groups excluding carboxylic acids is 2. The quantitative estimate of drug-likeness (QED) is 0.0371. The number of carboxylic acids is 1. The van der Waals surface area contributed by atoms with Gasteiger partial charge >= 0.3 is 17.9 Å². The first kappa shape index (κ1) is 97.5. The normalized spacial score (nSPS) is 11.9. The Hall–Kier alpha value is -2.63. The second-order valence-electron chi connectivity index (χ2n) is 29.1. The molecule has 0 amide bonds. The first-order chi connectivity index (χ1) is 47.3. The van der Waals surface area contributed by atoms with Crippen LogP contribution in [0.5, 0.6) is 0 Å². The number of ether oxygens (including phenoxy) is 2. The summed E-state index contributed by atoms with van der Waals surface area (Å²) in [6.45, 7) is 14.8. The van der Waals surface area contributed by atoms with Crippen LogP contribution in [-0.2, 0) is 23.9 Å². The van der Waals surface area contributed by atoms with Crippen LogP contribution in [0.2, 0.25) is 0 Å². The highest BCUT2D eigenvalue weighted by molar-refractivity contribution is 5.70. The number of aliphatic carboxylic acids is 1. The van der Waals surface area contributed by atoms with Gasteiger partial charge in [0.2, 0.25) is 0 Å². The summed E-state index contributed by atoms with van der Waals surface area (Å²) in [6, 6.07) is 0. The van der Waals surface area contributed by atoms with E-state index in [0.717, 1.165) is 57.8 Å². The van der Waals surface area contributed by atoms with Gasteiger partial charge in [-0.05, 0) is 141 Å².